The Hall–Kier alpha value is -12.3. The first-order chi connectivity index (χ1) is 64.2. The van der Waals surface area contributed by atoms with E-state index in [9.17, 15) is 0 Å². The van der Waals surface area contributed by atoms with Crippen molar-refractivity contribution in [3.05, 3.63) is 376 Å². The van der Waals surface area contributed by atoms with Crippen LogP contribution in [0.25, 0.3) is 167 Å². The Kier molecular flexibility index (Phi) is 21.6. The van der Waals surface area contributed by atoms with E-state index < -0.39 is 0 Å². The van der Waals surface area contributed by atoms with Gasteiger partial charge in [-0.05, 0) is 333 Å². The molecule has 656 valence electrons. The molecule has 6 aliphatic carbocycles. The van der Waals surface area contributed by atoms with Crippen molar-refractivity contribution >= 4 is 10.8 Å². The maximum atomic E-state index is 5.06. The number of nitrogens with zero attached hydrogens (tertiary/aromatic N) is 1. The Labute approximate surface area is 786 Å². The van der Waals surface area contributed by atoms with Gasteiger partial charge in [-0.2, -0.15) is 0 Å². The second-order valence-electron chi connectivity index (χ2n) is 42.4. The van der Waals surface area contributed by atoms with Crippen molar-refractivity contribution < 1.29 is 0 Å². The smallest absolute Gasteiger partial charge is 0.0780 e. The molecule has 22 rings (SSSR count). The summed E-state index contributed by atoms with van der Waals surface area (Å²) in [6.07, 6.45) is 27.4. The van der Waals surface area contributed by atoms with Crippen molar-refractivity contribution in [2.75, 3.05) is 0 Å². The van der Waals surface area contributed by atoms with Crippen molar-refractivity contribution in [1.82, 2.24) is 4.98 Å². The lowest BCUT2D eigenvalue weighted by Crippen LogP contribution is -2.25. The van der Waals surface area contributed by atoms with Gasteiger partial charge >= 0.3 is 0 Å². The Morgan fingerprint density at radius 3 is 0.720 bits per heavy atom. The van der Waals surface area contributed by atoms with Crippen LogP contribution in [0.3, 0.4) is 0 Å². The third kappa shape index (κ3) is 14.0. The molecule has 0 aliphatic heterocycles. The first kappa shape index (κ1) is 85.2. The molecule has 0 fully saturated rings. The van der Waals surface area contributed by atoms with Gasteiger partial charge in [-0.1, -0.05) is 398 Å². The molecule has 1 aromatic heterocycles. The van der Waals surface area contributed by atoms with Crippen LogP contribution < -0.4 is 0 Å². The molecule has 132 heavy (non-hydrogen) atoms. The molecule has 15 aromatic carbocycles. The molecule has 0 unspecified atom stereocenters. The highest BCUT2D eigenvalue weighted by atomic mass is 14.7. The van der Waals surface area contributed by atoms with Gasteiger partial charge in [-0.15, -0.1) is 0 Å². The highest BCUT2D eigenvalue weighted by Gasteiger charge is 2.47. The van der Waals surface area contributed by atoms with Gasteiger partial charge in [0, 0.05) is 49.6 Å². The average Bonchev–Trinajstić information content (AvgIpc) is 1.55. The lowest BCUT2D eigenvalue weighted by atomic mass is 9.70. The van der Waals surface area contributed by atoms with Crippen LogP contribution in [0.2, 0.25) is 0 Å². The monoisotopic (exact) mass is 1710 g/mol. The van der Waals surface area contributed by atoms with Gasteiger partial charge < -0.3 is 0 Å². The molecule has 0 bridgehead atoms. The Morgan fingerprint density at radius 2 is 0.417 bits per heavy atom. The predicted molar refractivity (Wildman–Crippen MR) is 563 cm³/mol. The van der Waals surface area contributed by atoms with Gasteiger partial charge in [0.15, 0.2) is 0 Å². The van der Waals surface area contributed by atoms with E-state index >= 15 is 0 Å². The lowest BCUT2D eigenvalue weighted by molar-refractivity contribution is 0.401. The van der Waals surface area contributed by atoms with E-state index in [0.29, 0.717) is 0 Å². The quantitative estimate of drug-likeness (QED) is 0.0446. The molecule has 0 spiro atoms. The number of benzene rings is 15. The van der Waals surface area contributed by atoms with Crippen molar-refractivity contribution in [3.63, 3.8) is 0 Å². The van der Waals surface area contributed by atoms with Crippen molar-refractivity contribution in [1.29, 1.82) is 0 Å². The molecule has 16 aromatic rings. The summed E-state index contributed by atoms with van der Waals surface area (Å²) in [5.74, 6) is 0. The van der Waals surface area contributed by atoms with Gasteiger partial charge in [0.2, 0.25) is 0 Å². The van der Waals surface area contributed by atoms with Crippen molar-refractivity contribution in [2.45, 2.75) is 244 Å². The van der Waals surface area contributed by atoms with Gasteiger partial charge in [-0.25, -0.2) is 0 Å². The van der Waals surface area contributed by atoms with E-state index in [1.54, 1.807) is 22.3 Å². The molecule has 1 heteroatoms. The summed E-state index contributed by atoms with van der Waals surface area (Å²) in [6, 6.07) is 120. The minimum absolute atomic E-state index is 0.0458. The van der Waals surface area contributed by atoms with Crippen LogP contribution in [-0.4, -0.2) is 4.98 Å². The second kappa shape index (κ2) is 33.5. The highest BCUT2D eigenvalue weighted by molar-refractivity contribution is 5.98. The fourth-order valence-corrected chi connectivity index (χ4v) is 25.7. The van der Waals surface area contributed by atoms with E-state index in [1.165, 1.54) is 317 Å². The molecule has 1 heterocycles. The number of fused-ring (bicyclic) bond motifs is 19. The third-order valence-electron chi connectivity index (χ3n) is 33.1. The Morgan fingerprint density at radius 1 is 0.182 bits per heavy atom. The second-order valence-corrected chi connectivity index (χ2v) is 42.4. The van der Waals surface area contributed by atoms with Gasteiger partial charge in [-0.3, -0.25) is 4.98 Å². The summed E-state index contributed by atoms with van der Waals surface area (Å²) in [5, 5.41) is 2.34. The highest BCUT2D eigenvalue weighted by Crippen LogP contribution is 2.61. The molecule has 6 aliphatic rings. The molecule has 0 amide bonds. The van der Waals surface area contributed by atoms with Crippen molar-refractivity contribution in [3.8, 4) is 156 Å². The Balaban J connectivity index is 0.557. The molecule has 0 radical (unpaired) electrons. The number of unbranched alkanes of at least 4 members (excludes halogenated alkanes) is 12. The summed E-state index contributed by atoms with van der Waals surface area (Å²) in [5.41, 5.74) is 52.7. The van der Waals surface area contributed by atoms with Crippen LogP contribution in [0.1, 0.15) is 278 Å². The largest absolute Gasteiger partial charge is 0.256 e. The number of rotatable bonds is 28. The zero-order chi connectivity index (χ0) is 90.2. The molecular formula is C131H127N. The molecule has 0 saturated carbocycles. The number of hydrogen-bond acceptors (Lipinski definition) is 1. The van der Waals surface area contributed by atoms with E-state index in [1.807, 2.05) is 6.20 Å². The van der Waals surface area contributed by atoms with Crippen LogP contribution in [0, 0.1) is 0 Å². The SMILES string of the molecule is CCCCCCC1(CCCCCC)c2ccccc2-c2ccc(-c3ccc4c(c3)C(C)(C)c3cc(-c5ccc6c(c5)C(C)(C)c5cc(-c7cc(-c8cccc(-c9nccc%10ccccc9%10)c8)cc(-c8ccc9c(c8)C(C)(C)c8cc(-c%10ccc%11c(c%10)C(C)(C)c%10cc(-c%12ccc%13c(c%12)C(CCCCCC)(CCCCCC)c%12ccccc%12-%13)ccc%10-%11)ccc8-9)c7)ccc5-6)ccc3-4)cc21. The normalized spacial score (nSPS) is 15.3. The molecule has 1 nitrogen and oxygen atoms in total. The molecule has 0 N–H and O–H groups in total. The van der Waals surface area contributed by atoms with E-state index in [-0.39, 0.29) is 32.5 Å². The standard InChI is InChI=1S/C131H127N/c1-13-17-21-31-65-130(66-32-22-18-14-2)113-42-29-27-40-101(113)111-62-50-92(82-123(111)130)90-48-58-105-103-54-44-86(74-115(103)126(5,6)119(105)78-90)88-46-56-107-109-60-52-94(80-121(109)128(9,10)117(107)76-88)98-71-97(85-37-35-38-96(70-85)125-100-39-26-25-36-84(100)64-69-132-125)72-99(73-98)95-53-61-110-108-57-47-89(77-118(108)129(11,12)122(110)81-95)87-45-55-104-106-59-49-91(79-120(106)127(7,8)116(104)75-87)93-51-63-112-102-41-28-30-43-114(102)131(124(112)83-93,67-33-23-19-15-3)68-34-24-20-16-4/h25-30,35-64,69-83H,13-24,31-34,65-68H2,1-12H3. The number of pyridine rings is 1. The molecule has 0 saturated heterocycles. The average molecular weight is 1720 g/mol. The maximum absolute atomic E-state index is 5.06. The summed E-state index contributed by atoms with van der Waals surface area (Å²) >= 11 is 0. The van der Waals surface area contributed by atoms with Crippen molar-refractivity contribution in [2.24, 2.45) is 0 Å². The minimum Gasteiger partial charge on any atom is -0.256 e. The van der Waals surface area contributed by atoms with Gasteiger partial charge in [0.05, 0.1) is 5.69 Å². The summed E-state index contributed by atoms with van der Waals surface area (Å²) < 4.78 is 0. The minimum atomic E-state index is -0.272. The maximum Gasteiger partial charge on any atom is 0.0780 e. The Bertz CT molecular complexity index is 6880. The number of hydrogen-bond donors (Lipinski definition) is 0. The van der Waals surface area contributed by atoms with E-state index in [4.69, 9.17) is 4.98 Å². The van der Waals surface area contributed by atoms with Gasteiger partial charge in [0.25, 0.3) is 0 Å². The van der Waals surface area contributed by atoms with Crippen LogP contribution in [0.4, 0.5) is 0 Å². The third-order valence-corrected chi connectivity index (χ3v) is 33.1. The fraction of sp³-hybridized carbons (Fsp3) is 0.290. The zero-order valence-corrected chi connectivity index (χ0v) is 80.0. The summed E-state index contributed by atoms with van der Waals surface area (Å²) in [6.45, 7) is 29.0. The first-order valence-electron chi connectivity index (χ1n) is 50.5. The van der Waals surface area contributed by atoms with Gasteiger partial charge in [0.1, 0.15) is 0 Å². The fourth-order valence-electron chi connectivity index (χ4n) is 25.7. The van der Waals surface area contributed by atoms with Crippen LogP contribution in [0.15, 0.2) is 310 Å². The first-order valence-corrected chi connectivity index (χ1v) is 50.5. The van der Waals surface area contributed by atoms with E-state index in [2.05, 4.69) is 386 Å². The van der Waals surface area contributed by atoms with Crippen LogP contribution in [0.5, 0.6) is 0 Å². The van der Waals surface area contributed by atoms with E-state index in [0.717, 1.165) is 22.2 Å². The van der Waals surface area contributed by atoms with Crippen LogP contribution >= 0.6 is 0 Å². The predicted octanol–water partition coefficient (Wildman–Crippen LogP) is 37.2. The lowest BCUT2D eigenvalue weighted by Gasteiger charge is -2.33. The summed E-state index contributed by atoms with van der Waals surface area (Å²) in [7, 11) is 0. The topological polar surface area (TPSA) is 12.9 Å². The zero-order valence-electron chi connectivity index (χ0n) is 80.0. The molecule has 0 atom stereocenters. The number of aromatic nitrogens is 1. The van der Waals surface area contributed by atoms with Crippen LogP contribution in [-0.2, 0) is 32.5 Å². The molecular weight excluding hydrogens is 1590 g/mol. The summed E-state index contributed by atoms with van der Waals surface area (Å²) in [4.78, 5) is 5.06.